The molecule has 1 aliphatic heterocycles. The molecule has 1 fully saturated rings. The molecule has 1 aliphatic rings. The van der Waals surface area contributed by atoms with Crippen LogP contribution >= 0.6 is 11.8 Å². The lowest BCUT2D eigenvalue weighted by molar-refractivity contribution is -0.131. The number of carbonyl (C=O) groups is 2. The van der Waals surface area contributed by atoms with Gasteiger partial charge in [-0.3, -0.25) is 9.59 Å². The van der Waals surface area contributed by atoms with Crippen LogP contribution in [0.5, 0.6) is 0 Å². The van der Waals surface area contributed by atoms with Crippen LogP contribution in [-0.4, -0.2) is 43.3 Å². The average Bonchev–Trinajstić information content (AvgIpc) is 3.00. The third kappa shape index (κ3) is 6.12. The molecule has 0 saturated carbocycles. The molecule has 0 radical (unpaired) electrons. The van der Waals surface area contributed by atoms with Gasteiger partial charge in [0.2, 0.25) is 11.8 Å². The first-order valence-electron chi connectivity index (χ1n) is 11.5. The van der Waals surface area contributed by atoms with Crippen LogP contribution in [0.25, 0.3) is 0 Å². The highest BCUT2D eigenvalue weighted by molar-refractivity contribution is 8.00. The van der Waals surface area contributed by atoms with Crippen LogP contribution in [0, 0.1) is 0 Å². The van der Waals surface area contributed by atoms with E-state index in [2.05, 4.69) is 48.4 Å². The molecule has 2 amide bonds. The molecule has 0 spiro atoms. The predicted octanol–water partition coefficient (Wildman–Crippen LogP) is 4.62. The maximum Gasteiger partial charge on any atom is 0.237 e. The molecule has 174 valence electrons. The number of hydrogen-bond acceptors (Lipinski definition) is 5. The maximum absolute atomic E-state index is 12.8. The van der Waals surface area contributed by atoms with Gasteiger partial charge in [0.15, 0.2) is 11.0 Å². The topological polar surface area (TPSA) is 80.1 Å². The fourth-order valence-electron chi connectivity index (χ4n) is 3.73. The Bertz CT molecular complexity index is 933. The number of anilines is 1. The van der Waals surface area contributed by atoms with Gasteiger partial charge >= 0.3 is 0 Å². The second kappa shape index (κ2) is 10.5. The summed E-state index contributed by atoms with van der Waals surface area (Å²) in [7, 11) is 0. The predicted molar refractivity (Wildman–Crippen MR) is 129 cm³/mol. The van der Waals surface area contributed by atoms with Crippen molar-refractivity contribution in [2.24, 2.45) is 0 Å². The van der Waals surface area contributed by atoms with E-state index in [9.17, 15) is 9.59 Å². The Balaban J connectivity index is 1.63. The summed E-state index contributed by atoms with van der Waals surface area (Å²) in [5.74, 6) is 0.886. The molecule has 0 bridgehead atoms. The van der Waals surface area contributed by atoms with Crippen LogP contribution < -0.4 is 5.32 Å². The van der Waals surface area contributed by atoms with E-state index in [1.54, 1.807) is 0 Å². The quantitative estimate of drug-likeness (QED) is 0.614. The van der Waals surface area contributed by atoms with E-state index in [4.69, 9.17) is 0 Å². The van der Waals surface area contributed by atoms with Gasteiger partial charge in [0.1, 0.15) is 0 Å². The van der Waals surface area contributed by atoms with Crippen LogP contribution in [0.15, 0.2) is 29.4 Å². The van der Waals surface area contributed by atoms with Gasteiger partial charge in [-0.05, 0) is 49.8 Å². The summed E-state index contributed by atoms with van der Waals surface area (Å²) in [5.41, 5.74) is 2.09. The maximum atomic E-state index is 12.8. The first kappa shape index (κ1) is 24.3. The molecule has 8 heteroatoms. The molecule has 1 saturated heterocycles. The number of hydrogen-bond donors (Lipinski definition) is 1. The summed E-state index contributed by atoms with van der Waals surface area (Å²) >= 11 is 1.39. The Morgan fingerprint density at radius 1 is 1.16 bits per heavy atom. The molecule has 1 aromatic heterocycles. The molecule has 2 aromatic rings. The molecule has 0 aliphatic carbocycles. The van der Waals surface area contributed by atoms with E-state index >= 15 is 0 Å². The number of carbonyl (C=O) groups excluding carboxylic acids is 2. The van der Waals surface area contributed by atoms with E-state index in [1.807, 2.05) is 35.4 Å². The van der Waals surface area contributed by atoms with Gasteiger partial charge in [-0.25, -0.2) is 0 Å². The first-order chi connectivity index (χ1) is 15.2. The van der Waals surface area contributed by atoms with Crippen molar-refractivity contribution in [2.75, 3.05) is 11.9 Å². The lowest BCUT2D eigenvalue weighted by atomic mass is 9.87. The molecule has 1 aromatic carbocycles. The second-order valence-corrected chi connectivity index (χ2v) is 10.7. The van der Waals surface area contributed by atoms with Gasteiger partial charge < -0.3 is 14.8 Å². The third-order valence-corrected chi connectivity index (χ3v) is 6.86. The van der Waals surface area contributed by atoms with Crippen molar-refractivity contribution < 1.29 is 9.59 Å². The van der Waals surface area contributed by atoms with Crippen LogP contribution in [0.4, 0.5) is 5.69 Å². The highest BCUT2D eigenvalue weighted by atomic mass is 32.2. The van der Waals surface area contributed by atoms with Crippen molar-refractivity contribution >= 4 is 29.3 Å². The Hall–Kier alpha value is -2.35. The van der Waals surface area contributed by atoms with Gasteiger partial charge in [-0.1, -0.05) is 51.1 Å². The minimum atomic E-state index is -0.334. The zero-order valence-corrected chi connectivity index (χ0v) is 20.7. The van der Waals surface area contributed by atoms with E-state index in [0.717, 1.165) is 37.3 Å². The lowest BCUT2D eigenvalue weighted by Crippen LogP contribution is -2.31. The summed E-state index contributed by atoms with van der Waals surface area (Å²) in [6.45, 7) is 12.3. The summed E-state index contributed by atoms with van der Waals surface area (Å²) in [5, 5.41) is 12.0. The van der Waals surface area contributed by atoms with Crippen LogP contribution in [0.3, 0.4) is 0 Å². The fraction of sp³-hybridized carbons (Fsp3) is 0.583. The number of amides is 2. The van der Waals surface area contributed by atoms with Crippen LogP contribution in [0.1, 0.15) is 71.7 Å². The monoisotopic (exact) mass is 457 g/mol. The minimum Gasteiger partial charge on any atom is -0.335 e. The van der Waals surface area contributed by atoms with Crippen LogP contribution in [-0.2, 0) is 28.1 Å². The Morgan fingerprint density at radius 3 is 2.53 bits per heavy atom. The van der Waals surface area contributed by atoms with Crippen molar-refractivity contribution in [2.45, 2.75) is 89.2 Å². The Labute approximate surface area is 195 Å². The van der Waals surface area contributed by atoms with Gasteiger partial charge in [-0.15, -0.1) is 10.2 Å². The summed E-state index contributed by atoms with van der Waals surface area (Å²) in [4.78, 5) is 27.0. The highest BCUT2D eigenvalue weighted by Crippen LogP contribution is 2.26. The lowest BCUT2D eigenvalue weighted by Gasteiger charge is -2.20. The Kier molecular flexibility index (Phi) is 7.98. The minimum absolute atomic E-state index is 0.0750. The van der Waals surface area contributed by atoms with Gasteiger partial charge in [-0.2, -0.15) is 0 Å². The number of thioether (sulfide) groups is 1. The van der Waals surface area contributed by atoms with E-state index in [0.29, 0.717) is 24.7 Å². The van der Waals surface area contributed by atoms with Crippen molar-refractivity contribution in [1.82, 2.24) is 19.7 Å². The zero-order chi connectivity index (χ0) is 23.3. The van der Waals surface area contributed by atoms with E-state index in [-0.39, 0.29) is 22.5 Å². The molecular weight excluding hydrogens is 422 g/mol. The second-order valence-electron chi connectivity index (χ2n) is 9.35. The molecule has 1 unspecified atom stereocenters. The van der Waals surface area contributed by atoms with Crippen molar-refractivity contribution in [1.29, 1.82) is 0 Å². The number of rotatable bonds is 7. The number of nitrogens with zero attached hydrogens (tertiary/aromatic N) is 4. The zero-order valence-electron chi connectivity index (χ0n) is 19.9. The Morgan fingerprint density at radius 2 is 1.88 bits per heavy atom. The molecule has 2 heterocycles. The first-order valence-corrected chi connectivity index (χ1v) is 12.3. The number of nitrogens with one attached hydrogen (secondary N) is 1. The van der Waals surface area contributed by atoms with Crippen molar-refractivity contribution in [3.63, 3.8) is 0 Å². The highest BCUT2D eigenvalue weighted by Gasteiger charge is 2.23. The standard InChI is InChI=1S/C24H35N5O2S/c1-6-29-20(16-28-15-9-7-8-10-21(28)30)26-27-23(29)32-17(2)22(31)25-19-13-11-18(12-14-19)24(3,4)5/h11-14,17H,6-10,15-16H2,1-5H3,(H,25,31). The van der Waals surface area contributed by atoms with Gasteiger partial charge in [0.05, 0.1) is 11.8 Å². The summed E-state index contributed by atoms with van der Waals surface area (Å²) in [6.07, 6.45) is 3.69. The normalized spacial score (nSPS) is 16.0. The van der Waals surface area contributed by atoms with E-state index in [1.165, 1.54) is 17.3 Å². The largest absolute Gasteiger partial charge is 0.335 e. The SMILES string of the molecule is CCn1c(CN2CCCCCC2=O)nnc1SC(C)C(=O)Nc1ccc(C(C)(C)C)cc1. The molecule has 1 atom stereocenters. The summed E-state index contributed by atoms with van der Waals surface area (Å²) < 4.78 is 2.00. The molecule has 1 N–H and O–H groups in total. The molecular formula is C24H35N5O2S. The smallest absolute Gasteiger partial charge is 0.237 e. The number of aromatic nitrogens is 3. The number of likely N-dealkylation sites (tertiary alicyclic amines) is 1. The molecule has 32 heavy (non-hydrogen) atoms. The van der Waals surface area contributed by atoms with Crippen molar-refractivity contribution in [3.05, 3.63) is 35.7 Å². The summed E-state index contributed by atoms with van der Waals surface area (Å²) in [6, 6.07) is 8.00. The van der Waals surface area contributed by atoms with Gasteiger partial charge in [0, 0.05) is 25.2 Å². The molecule has 7 nitrogen and oxygen atoms in total. The molecule has 3 rings (SSSR count). The number of benzene rings is 1. The fourth-order valence-corrected chi connectivity index (χ4v) is 4.66. The average molecular weight is 458 g/mol. The van der Waals surface area contributed by atoms with E-state index < -0.39 is 0 Å². The van der Waals surface area contributed by atoms with Crippen LogP contribution in [0.2, 0.25) is 0 Å². The van der Waals surface area contributed by atoms with Gasteiger partial charge in [0.25, 0.3) is 0 Å². The third-order valence-electron chi connectivity index (χ3n) is 5.78. The van der Waals surface area contributed by atoms with Crippen molar-refractivity contribution in [3.8, 4) is 0 Å².